The lowest BCUT2D eigenvalue weighted by atomic mass is 10.1. The lowest BCUT2D eigenvalue weighted by Crippen LogP contribution is -2.50. The molecule has 0 fully saturated rings. The van der Waals surface area contributed by atoms with Crippen molar-refractivity contribution in [3.8, 4) is 11.5 Å². The third kappa shape index (κ3) is 4.42. The Morgan fingerprint density at radius 2 is 2.06 bits per heavy atom. The molecule has 2 aliphatic heterocycles. The summed E-state index contributed by atoms with van der Waals surface area (Å²) in [6.07, 6.45) is 2.68. The average molecular weight is 473 g/mol. The van der Waals surface area contributed by atoms with Crippen LogP contribution in [-0.4, -0.2) is 33.6 Å². The van der Waals surface area contributed by atoms with Crippen molar-refractivity contribution in [1.29, 1.82) is 0 Å². The molecule has 0 aliphatic carbocycles. The average Bonchev–Trinajstić information content (AvgIpc) is 2.79. The molecule has 1 atom stereocenters. The van der Waals surface area contributed by atoms with E-state index in [2.05, 4.69) is 12.2 Å². The molecule has 2 N–H and O–H groups in total. The number of para-hydroxylation sites is 1. The number of unbranched alkanes of at least 4 members (excludes halogenated alkanes) is 2. The SMILES string of the molecule is CCCCCSC1=NN2C(=c3ccccc3=NC2c2cc(Cl)c(O)c(OCC)c2)C(=O)N1. The quantitative estimate of drug-likeness (QED) is 0.602. The van der Waals surface area contributed by atoms with Crippen molar-refractivity contribution in [2.75, 3.05) is 12.4 Å². The zero-order valence-corrected chi connectivity index (χ0v) is 19.5. The standard InChI is InChI=1S/C23H25ClN4O3S/c1-3-5-8-11-32-23-26-22(30)19-15-9-6-7-10-17(15)25-21(28(19)27-23)14-12-16(24)20(29)18(13-14)31-4-2/h6-7,9-10,12-13,21,29H,3-5,8,11H2,1-2H3,(H,26,27,30). The molecule has 9 heteroatoms. The molecule has 0 radical (unpaired) electrons. The molecule has 32 heavy (non-hydrogen) atoms. The number of amidine groups is 1. The van der Waals surface area contributed by atoms with Gasteiger partial charge in [-0.1, -0.05) is 61.3 Å². The van der Waals surface area contributed by atoms with Crippen molar-refractivity contribution in [3.63, 3.8) is 0 Å². The van der Waals surface area contributed by atoms with Gasteiger partial charge in [0, 0.05) is 16.5 Å². The molecule has 1 unspecified atom stereocenters. The van der Waals surface area contributed by atoms with Gasteiger partial charge >= 0.3 is 0 Å². The summed E-state index contributed by atoms with van der Waals surface area (Å²) in [5.41, 5.74) is 1.10. The normalized spacial score (nSPS) is 17.2. The zero-order chi connectivity index (χ0) is 22.7. The number of rotatable bonds is 7. The number of nitrogens with zero attached hydrogens (tertiary/aromatic N) is 3. The predicted molar refractivity (Wildman–Crippen MR) is 127 cm³/mol. The highest BCUT2D eigenvalue weighted by Gasteiger charge is 2.35. The van der Waals surface area contributed by atoms with Crippen LogP contribution in [0, 0.1) is 0 Å². The fraction of sp³-hybridized carbons (Fsp3) is 0.348. The van der Waals surface area contributed by atoms with Gasteiger partial charge in [-0.2, -0.15) is 0 Å². The lowest BCUT2D eigenvalue weighted by molar-refractivity contribution is -0.116. The summed E-state index contributed by atoms with van der Waals surface area (Å²) >= 11 is 7.81. The molecule has 0 aromatic heterocycles. The number of carbonyl (C=O) groups is 1. The second-order valence-electron chi connectivity index (χ2n) is 7.41. The summed E-state index contributed by atoms with van der Waals surface area (Å²) in [6.45, 7) is 4.36. The predicted octanol–water partition coefficient (Wildman–Crippen LogP) is 3.51. The number of phenols is 1. The molecule has 1 amide bonds. The van der Waals surface area contributed by atoms with Crippen LogP contribution >= 0.6 is 23.4 Å². The summed E-state index contributed by atoms with van der Waals surface area (Å²) in [4.78, 5) is 18.0. The minimum Gasteiger partial charge on any atom is -0.503 e. The van der Waals surface area contributed by atoms with Gasteiger partial charge in [0.25, 0.3) is 5.91 Å². The van der Waals surface area contributed by atoms with Crippen molar-refractivity contribution in [2.24, 2.45) is 10.1 Å². The van der Waals surface area contributed by atoms with Crippen molar-refractivity contribution < 1.29 is 14.6 Å². The summed E-state index contributed by atoms with van der Waals surface area (Å²) in [6, 6.07) is 10.8. The van der Waals surface area contributed by atoms with E-state index in [9.17, 15) is 9.90 Å². The van der Waals surface area contributed by atoms with E-state index in [1.54, 1.807) is 17.1 Å². The van der Waals surface area contributed by atoms with Gasteiger partial charge in [-0.15, -0.1) is 5.10 Å². The number of hydrazone groups is 1. The first-order valence-corrected chi connectivity index (χ1v) is 12.0. The molecule has 2 heterocycles. The lowest BCUT2D eigenvalue weighted by Gasteiger charge is -2.34. The van der Waals surface area contributed by atoms with Crippen molar-refractivity contribution in [3.05, 3.63) is 57.6 Å². The summed E-state index contributed by atoms with van der Waals surface area (Å²) in [7, 11) is 0. The highest BCUT2D eigenvalue weighted by Crippen LogP contribution is 2.40. The first-order chi connectivity index (χ1) is 15.5. The van der Waals surface area contributed by atoms with E-state index in [1.807, 2.05) is 31.2 Å². The van der Waals surface area contributed by atoms with Crippen molar-refractivity contribution in [1.82, 2.24) is 10.3 Å². The van der Waals surface area contributed by atoms with Gasteiger partial charge in [-0.05, 0) is 31.5 Å². The number of ether oxygens (including phenoxy) is 1. The smallest absolute Gasteiger partial charge is 0.276 e. The number of benzene rings is 2. The Hall–Kier alpha value is -2.71. The number of thioether (sulfide) groups is 1. The van der Waals surface area contributed by atoms with Gasteiger partial charge in [0.1, 0.15) is 5.70 Å². The zero-order valence-electron chi connectivity index (χ0n) is 18.0. The van der Waals surface area contributed by atoms with Crippen molar-refractivity contribution in [2.45, 2.75) is 39.3 Å². The van der Waals surface area contributed by atoms with E-state index in [0.717, 1.165) is 30.2 Å². The fourth-order valence-electron chi connectivity index (χ4n) is 3.64. The molecule has 0 spiro atoms. The Bertz CT molecular complexity index is 1180. The molecule has 2 aromatic rings. The molecular formula is C23H25ClN4O3S. The molecule has 4 rings (SSSR count). The molecule has 168 valence electrons. The highest BCUT2D eigenvalue weighted by atomic mass is 35.5. The highest BCUT2D eigenvalue weighted by molar-refractivity contribution is 8.13. The minimum atomic E-state index is -0.630. The first-order valence-electron chi connectivity index (χ1n) is 10.7. The topological polar surface area (TPSA) is 86.5 Å². The first kappa shape index (κ1) is 22.5. The van der Waals surface area contributed by atoms with E-state index in [-0.39, 0.29) is 22.4 Å². The number of halogens is 1. The summed E-state index contributed by atoms with van der Waals surface area (Å²) in [5.74, 6) is 0.795. The van der Waals surface area contributed by atoms with Crippen LogP contribution in [0.2, 0.25) is 5.02 Å². The third-order valence-electron chi connectivity index (χ3n) is 5.15. The van der Waals surface area contributed by atoms with Crippen LogP contribution in [0.1, 0.15) is 44.8 Å². The summed E-state index contributed by atoms with van der Waals surface area (Å²) in [5, 5.41) is 21.7. The second-order valence-corrected chi connectivity index (χ2v) is 8.90. The third-order valence-corrected chi connectivity index (χ3v) is 6.39. The van der Waals surface area contributed by atoms with Gasteiger partial charge < -0.3 is 9.84 Å². The van der Waals surface area contributed by atoms with Crippen LogP contribution in [-0.2, 0) is 4.79 Å². The minimum absolute atomic E-state index is 0.121. The largest absolute Gasteiger partial charge is 0.503 e. The fourth-order valence-corrected chi connectivity index (χ4v) is 4.71. The van der Waals surface area contributed by atoms with E-state index in [1.165, 1.54) is 11.8 Å². The number of hydrogen-bond acceptors (Lipinski definition) is 7. The van der Waals surface area contributed by atoms with Crippen molar-refractivity contribution >= 4 is 40.1 Å². The number of hydrogen-bond donors (Lipinski definition) is 2. The molecule has 2 aromatic carbocycles. The Kier molecular flexibility index (Phi) is 6.91. The molecule has 7 nitrogen and oxygen atoms in total. The number of carbonyl (C=O) groups excluding carboxylic acids is 1. The van der Waals surface area contributed by atoms with Gasteiger partial charge in [-0.3, -0.25) is 15.1 Å². The van der Waals surface area contributed by atoms with E-state index in [0.29, 0.717) is 28.4 Å². The summed E-state index contributed by atoms with van der Waals surface area (Å²) < 4.78 is 5.55. The molecule has 0 bridgehead atoms. The Balaban J connectivity index is 1.81. The van der Waals surface area contributed by atoms with Gasteiger partial charge in [0.15, 0.2) is 22.8 Å². The van der Waals surface area contributed by atoms with Crippen LogP contribution in [0.3, 0.4) is 0 Å². The van der Waals surface area contributed by atoms with Crippen LogP contribution in [0.15, 0.2) is 46.5 Å². The molecule has 2 aliphatic rings. The number of aromatic hydroxyl groups is 1. The maximum Gasteiger partial charge on any atom is 0.276 e. The maximum atomic E-state index is 13.1. The Morgan fingerprint density at radius 1 is 1.25 bits per heavy atom. The van der Waals surface area contributed by atoms with Gasteiger partial charge in [-0.25, -0.2) is 5.01 Å². The van der Waals surface area contributed by atoms with Crippen LogP contribution < -0.4 is 20.6 Å². The molecule has 0 saturated heterocycles. The number of fused-ring (bicyclic) bond motifs is 2. The maximum absolute atomic E-state index is 13.1. The van der Waals surface area contributed by atoms with Gasteiger partial charge in [0.2, 0.25) is 0 Å². The second kappa shape index (κ2) is 9.83. The van der Waals surface area contributed by atoms with E-state index >= 15 is 0 Å². The van der Waals surface area contributed by atoms with Gasteiger partial charge in [0.05, 0.1) is 17.0 Å². The number of phenolic OH excluding ortho intramolecular Hbond substituents is 1. The van der Waals surface area contributed by atoms with Crippen LogP contribution in [0.25, 0.3) is 5.70 Å². The number of nitrogens with one attached hydrogen (secondary N) is 1. The Morgan fingerprint density at radius 3 is 2.84 bits per heavy atom. The van der Waals surface area contributed by atoms with E-state index in [4.69, 9.17) is 26.4 Å². The number of amides is 1. The monoisotopic (exact) mass is 472 g/mol. The molecule has 0 saturated carbocycles. The van der Waals surface area contributed by atoms with E-state index < -0.39 is 6.17 Å². The Labute approximate surface area is 195 Å². The van der Waals surface area contributed by atoms with Crippen LogP contribution in [0.4, 0.5) is 0 Å². The molecular weight excluding hydrogens is 448 g/mol. The van der Waals surface area contributed by atoms with Crippen LogP contribution in [0.5, 0.6) is 11.5 Å².